The molecule has 1 unspecified atom stereocenters. The van der Waals surface area contributed by atoms with Gasteiger partial charge in [-0.2, -0.15) is 0 Å². The molecule has 0 aromatic carbocycles. The quantitative estimate of drug-likeness (QED) is 0.0199. The Morgan fingerprint density at radius 2 is 0.698 bits per heavy atom. The van der Waals surface area contributed by atoms with Gasteiger partial charge in [-0.15, -0.1) is 0 Å². The molecule has 0 rings (SSSR count). The number of carbonyl (C=O) groups is 3. The van der Waals surface area contributed by atoms with Crippen LogP contribution in [0.15, 0.2) is 72.9 Å². The fourth-order valence-electron chi connectivity index (χ4n) is 7.37. The molecule has 0 spiro atoms. The Morgan fingerprint density at radius 1 is 0.349 bits per heavy atom. The Balaban J connectivity index is 4.39. The smallest absolute Gasteiger partial charge is 0.306 e. The summed E-state index contributed by atoms with van der Waals surface area (Å²) in [6, 6.07) is 0. The molecule has 0 N–H and O–H groups in total. The average Bonchev–Trinajstić information content (AvgIpc) is 3.28. The van der Waals surface area contributed by atoms with Crippen LogP contribution in [-0.4, -0.2) is 37.2 Å². The third-order valence-electron chi connectivity index (χ3n) is 11.3. The zero-order chi connectivity index (χ0) is 45.8. The summed E-state index contributed by atoms with van der Waals surface area (Å²) in [5.41, 5.74) is 0. The number of hydrogen-bond donors (Lipinski definition) is 0. The second-order valence-corrected chi connectivity index (χ2v) is 17.5. The van der Waals surface area contributed by atoms with E-state index in [1.165, 1.54) is 122 Å². The maximum absolute atomic E-state index is 12.8. The first-order valence-electron chi connectivity index (χ1n) is 26.5. The Hall–Kier alpha value is -3.15. The van der Waals surface area contributed by atoms with Crippen molar-refractivity contribution in [2.75, 3.05) is 13.2 Å². The number of carbonyl (C=O) groups excluding carboxylic acids is 3. The van der Waals surface area contributed by atoms with Crippen LogP contribution in [0.25, 0.3) is 0 Å². The first kappa shape index (κ1) is 59.9. The first-order valence-corrected chi connectivity index (χ1v) is 26.5. The topological polar surface area (TPSA) is 78.9 Å². The van der Waals surface area contributed by atoms with Gasteiger partial charge in [0.1, 0.15) is 13.2 Å². The highest BCUT2D eigenvalue weighted by molar-refractivity contribution is 5.71. The van der Waals surface area contributed by atoms with Crippen molar-refractivity contribution in [3.05, 3.63) is 72.9 Å². The molecule has 6 heteroatoms. The Morgan fingerprint density at radius 3 is 1.16 bits per heavy atom. The van der Waals surface area contributed by atoms with Gasteiger partial charge < -0.3 is 14.2 Å². The molecule has 0 radical (unpaired) electrons. The second-order valence-electron chi connectivity index (χ2n) is 17.5. The van der Waals surface area contributed by atoms with Crippen LogP contribution >= 0.6 is 0 Å². The van der Waals surface area contributed by atoms with Crippen LogP contribution in [0, 0.1) is 0 Å². The predicted molar refractivity (Wildman–Crippen MR) is 270 cm³/mol. The number of hydrogen-bond acceptors (Lipinski definition) is 6. The van der Waals surface area contributed by atoms with Gasteiger partial charge in [-0.1, -0.05) is 241 Å². The van der Waals surface area contributed by atoms with E-state index in [0.29, 0.717) is 19.3 Å². The van der Waals surface area contributed by atoms with E-state index in [4.69, 9.17) is 14.2 Å². The highest BCUT2D eigenvalue weighted by Crippen LogP contribution is 2.16. The molecule has 63 heavy (non-hydrogen) atoms. The van der Waals surface area contributed by atoms with E-state index in [1.807, 2.05) is 30.4 Å². The third kappa shape index (κ3) is 49.7. The van der Waals surface area contributed by atoms with Gasteiger partial charge in [0.25, 0.3) is 0 Å². The maximum atomic E-state index is 12.8. The lowest BCUT2D eigenvalue weighted by Gasteiger charge is -2.18. The van der Waals surface area contributed by atoms with Crippen LogP contribution in [0.4, 0.5) is 0 Å². The number of esters is 3. The molecule has 0 amide bonds. The van der Waals surface area contributed by atoms with Crippen molar-refractivity contribution >= 4 is 17.9 Å². The summed E-state index contributed by atoms with van der Waals surface area (Å²) < 4.78 is 16.8. The summed E-state index contributed by atoms with van der Waals surface area (Å²) in [7, 11) is 0. The van der Waals surface area contributed by atoms with E-state index in [-0.39, 0.29) is 31.1 Å². The van der Waals surface area contributed by atoms with Gasteiger partial charge in [0.15, 0.2) is 6.10 Å². The van der Waals surface area contributed by atoms with E-state index in [1.54, 1.807) is 0 Å². The molecule has 0 aromatic heterocycles. The molecule has 0 aliphatic rings. The standard InChI is InChI=1S/C57H98O6/c1-4-7-10-13-16-19-22-25-27-28-29-30-33-35-38-41-44-47-50-56(59)62-53-54(52-61-55(58)49-46-43-40-37-34-31-24-21-18-15-12-9-6-3)63-57(60)51-48-45-42-39-36-32-26-23-20-17-14-11-8-5-2/h8-9,11-12,15,17-18,20-21,24,31,34,54H,4-7,10,13-14,16,19,22-23,25-30,32-33,35-53H2,1-3H3/b11-8-,12-9-,18-15-,20-17-,24-21-,34-31-. The van der Waals surface area contributed by atoms with Gasteiger partial charge >= 0.3 is 17.9 Å². The lowest BCUT2D eigenvalue weighted by molar-refractivity contribution is -0.167. The van der Waals surface area contributed by atoms with Crippen LogP contribution < -0.4 is 0 Å². The summed E-state index contributed by atoms with van der Waals surface area (Å²) >= 11 is 0. The van der Waals surface area contributed by atoms with Gasteiger partial charge in [-0.3, -0.25) is 14.4 Å². The SMILES string of the molecule is CC\C=C/C=C\C=C/C=C\CCCCCC(=O)OCC(COC(=O)CCCCCCCCCCCCCCCCCCCC)OC(=O)CCCCCCCCC/C=C\C/C=C\CC. The van der Waals surface area contributed by atoms with Crippen LogP contribution in [0.5, 0.6) is 0 Å². The van der Waals surface area contributed by atoms with E-state index in [0.717, 1.165) is 89.9 Å². The molecule has 1 atom stereocenters. The predicted octanol–water partition coefficient (Wildman–Crippen LogP) is 17.4. The van der Waals surface area contributed by atoms with Gasteiger partial charge in [0.05, 0.1) is 0 Å². The lowest BCUT2D eigenvalue weighted by atomic mass is 10.0. The minimum Gasteiger partial charge on any atom is -0.462 e. The largest absolute Gasteiger partial charge is 0.462 e. The molecule has 362 valence electrons. The molecule has 0 aliphatic carbocycles. The highest BCUT2D eigenvalue weighted by Gasteiger charge is 2.19. The van der Waals surface area contributed by atoms with Crippen molar-refractivity contribution in [2.45, 2.75) is 258 Å². The minimum atomic E-state index is -0.793. The van der Waals surface area contributed by atoms with Crippen molar-refractivity contribution in [1.29, 1.82) is 0 Å². The molecule has 0 saturated carbocycles. The molecule has 0 fully saturated rings. The average molecular weight is 879 g/mol. The van der Waals surface area contributed by atoms with Gasteiger partial charge in [0, 0.05) is 19.3 Å². The van der Waals surface area contributed by atoms with Crippen molar-refractivity contribution in [2.24, 2.45) is 0 Å². The van der Waals surface area contributed by atoms with Crippen LogP contribution in [0.3, 0.4) is 0 Å². The molecular formula is C57H98O6. The molecule has 0 heterocycles. The lowest BCUT2D eigenvalue weighted by Crippen LogP contribution is -2.30. The second kappa shape index (κ2) is 51.5. The molecule has 0 bridgehead atoms. The van der Waals surface area contributed by atoms with E-state index >= 15 is 0 Å². The Bertz CT molecular complexity index is 1190. The molecule has 0 saturated heterocycles. The zero-order valence-electron chi connectivity index (χ0n) is 41.3. The van der Waals surface area contributed by atoms with Gasteiger partial charge in [-0.05, 0) is 64.2 Å². The summed E-state index contributed by atoms with van der Waals surface area (Å²) in [6.07, 6.45) is 64.6. The van der Waals surface area contributed by atoms with Crippen molar-refractivity contribution in [3.63, 3.8) is 0 Å². The van der Waals surface area contributed by atoms with E-state index in [9.17, 15) is 14.4 Å². The summed E-state index contributed by atoms with van der Waals surface area (Å²) in [5, 5.41) is 0. The monoisotopic (exact) mass is 879 g/mol. The normalized spacial score (nSPS) is 12.6. The van der Waals surface area contributed by atoms with Gasteiger partial charge in [0.2, 0.25) is 0 Å². The van der Waals surface area contributed by atoms with E-state index < -0.39 is 6.10 Å². The zero-order valence-corrected chi connectivity index (χ0v) is 41.3. The van der Waals surface area contributed by atoms with Crippen molar-refractivity contribution < 1.29 is 28.6 Å². The maximum Gasteiger partial charge on any atom is 0.306 e. The van der Waals surface area contributed by atoms with Crippen LogP contribution in [0.1, 0.15) is 252 Å². The minimum absolute atomic E-state index is 0.0897. The molecule has 0 aliphatic heterocycles. The summed E-state index contributed by atoms with van der Waals surface area (Å²) in [4.78, 5) is 38.0. The molecular weight excluding hydrogens is 781 g/mol. The first-order chi connectivity index (χ1) is 31.0. The van der Waals surface area contributed by atoms with Crippen LogP contribution in [0.2, 0.25) is 0 Å². The number of ether oxygens (including phenoxy) is 3. The summed E-state index contributed by atoms with van der Waals surface area (Å²) in [5.74, 6) is -0.934. The Labute approximate surface area is 389 Å². The highest BCUT2D eigenvalue weighted by atomic mass is 16.6. The van der Waals surface area contributed by atoms with E-state index in [2.05, 4.69) is 63.3 Å². The van der Waals surface area contributed by atoms with Crippen molar-refractivity contribution in [3.8, 4) is 0 Å². The van der Waals surface area contributed by atoms with Gasteiger partial charge in [-0.25, -0.2) is 0 Å². The third-order valence-corrected chi connectivity index (χ3v) is 11.3. The number of rotatable bonds is 47. The fraction of sp³-hybridized carbons (Fsp3) is 0.737. The van der Waals surface area contributed by atoms with Crippen LogP contribution in [-0.2, 0) is 28.6 Å². The molecule has 6 nitrogen and oxygen atoms in total. The number of allylic oxidation sites excluding steroid dienone is 12. The summed E-state index contributed by atoms with van der Waals surface area (Å²) in [6.45, 7) is 6.37. The molecule has 0 aromatic rings. The number of unbranched alkanes of at least 4 members (excludes halogenated alkanes) is 27. The fourth-order valence-corrected chi connectivity index (χ4v) is 7.37. The Kier molecular flexibility index (Phi) is 48.9. The van der Waals surface area contributed by atoms with Crippen molar-refractivity contribution in [1.82, 2.24) is 0 Å².